The fourth-order valence-corrected chi connectivity index (χ4v) is 6.56. The van der Waals surface area contributed by atoms with Gasteiger partial charge in [-0.15, -0.1) is 11.3 Å². The Labute approximate surface area is 191 Å². The third-order valence-electron chi connectivity index (χ3n) is 6.00. The summed E-state index contributed by atoms with van der Waals surface area (Å²) in [4.78, 5) is 22.5. The number of carbonyl (C=O) groups excluding carboxylic acids is 1. The molecule has 1 aliphatic heterocycles. The van der Waals surface area contributed by atoms with Crippen molar-refractivity contribution in [3.05, 3.63) is 22.5 Å². The number of anilines is 3. The van der Waals surface area contributed by atoms with Crippen LogP contribution in [-0.2, 0) is 16.0 Å². The number of nitrogens with zero attached hydrogens (tertiary/aromatic N) is 3. The van der Waals surface area contributed by atoms with Crippen molar-refractivity contribution in [2.45, 2.75) is 55.4 Å². The van der Waals surface area contributed by atoms with Gasteiger partial charge >= 0.3 is 0 Å². The molecule has 0 spiro atoms. The summed E-state index contributed by atoms with van der Waals surface area (Å²) in [5.41, 5.74) is 2.36. The molecule has 3 heterocycles. The fourth-order valence-electron chi connectivity index (χ4n) is 4.25. The van der Waals surface area contributed by atoms with Gasteiger partial charge < -0.3 is 25.0 Å². The van der Waals surface area contributed by atoms with E-state index in [9.17, 15) is 9.35 Å². The molecular formula is C22H31N5O2S2. The molecular weight excluding hydrogens is 430 g/mol. The average molecular weight is 462 g/mol. The van der Waals surface area contributed by atoms with Crippen LogP contribution in [0.4, 0.5) is 17.2 Å². The minimum Gasteiger partial charge on any atom is -0.606 e. The Bertz CT molecular complexity index is 921. The average Bonchev–Trinajstić information content (AvgIpc) is 3.41. The Hall–Kier alpha value is -1.81. The molecule has 0 aromatic carbocycles. The highest BCUT2D eigenvalue weighted by Gasteiger charge is 2.28. The van der Waals surface area contributed by atoms with E-state index >= 15 is 0 Å². The highest BCUT2D eigenvalue weighted by molar-refractivity contribution is 7.91. The quantitative estimate of drug-likeness (QED) is 0.639. The number of amides is 1. The second kappa shape index (κ2) is 9.77. The van der Waals surface area contributed by atoms with Crippen molar-refractivity contribution in [3.63, 3.8) is 0 Å². The van der Waals surface area contributed by atoms with Crippen LogP contribution in [0.1, 0.15) is 38.3 Å². The van der Waals surface area contributed by atoms with Crippen molar-refractivity contribution >= 4 is 45.6 Å². The van der Waals surface area contributed by atoms with E-state index in [0.29, 0.717) is 21.5 Å². The number of aryl methyl sites for hydroxylation is 1. The third kappa shape index (κ3) is 5.16. The molecule has 1 aliphatic carbocycles. The van der Waals surface area contributed by atoms with E-state index in [2.05, 4.69) is 27.5 Å². The first-order valence-electron chi connectivity index (χ1n) is 10.9. The summed E-state index contributed by atoms with van der Waals surface area (Å²) in [5.74, 6) is 0.797. The number of likely N-dealkylation sites (N-methyl/N-ethyl adjacent to an activating group) is 1. The van der Waals surface area contributed by atoms with Gasteiger partial charge in [0.2, 0.25) is 5.91 Å². The van der Waals surface area contributed by atoms with Gasteiger partial charge in [-0.3, -0.25) is 4.79 Å². The van der Waals surface area contributed by atoms with Crippen LogP contribution >= 0.6 is 11.3 Å². The molecule has 1 saturated heterocycles. The molecule has 1 atom stereocenters. The van der Waals surface area contributed by atoms with Crippen LogP contribution in [0.25, 0.3) is 0 Å². The van der Waals surface area contributed by atoms with E-state index in [-0.39, 0.29) is 5.91 Å². The van der Waals surface area contributed by atoms with Crippen molar-refractivity contribution in [2.24, 2.45) is 0 Å². The molecule has 1 amide bonds. The molecule has 2 aromatic rings. The lowest BCUT2D eigenvalue weighted by atomic mass is 10.2. The zero-order chi connectivity index (χ0) is 22.0. The molecule has 1 unspecified atom stereocenters. The first kappa shape index (κ1) is 22.4. The summed E-state index contributed by atoms with van der Waals surface area (Å²) in [6.45, 7) is 7.27. The molecule has 2 aromatic heterocycles. The number of nitrogens with one attached hydrogen (secondary N) is 2. The van der Waals surface area contributed by atoms with Crippen LogP contribution in [0.5, 0.6) is 0 Å². The molecule has 0 bridgehead atoms. The van der Waals surface area contributed by atoms with E-state index in [0.717, 1.165) is 56.2 Å². The fraction of sp³-hybridized carbons (Fsp3) is 0.545. The van der Waals surface area contributed by atoms with Crippen LogP contribution in [0.3, 0.4) is 0 Å². The summed E-state index contributed by atoms with van der Waals surface area (Å²) in [6.07, 6.45) is 4.81. The largest absolute Gasteiger partial charge is 0.606 e. The van der Waals surface area contributed by atoms with Crippen molar-refractivity contribution in [2.75, 3.05) is 48.8 Å². The zero-order valence-electron chi connectivity index (χ0n) is 18.4. The van der Waals surface area contributed by atoms with E-state index in [4.69, 9.17) is 4.98 Å². The van der Waals surface area contributed by atoms with Gasteiger partial charge in [-0.2, -0.15) is 0 Å². The summed E-state index contributed by atoms with van der Waals surface area (Å²) in [5, 5.41) is 10.2. The maximum atomic E-state index is 13.5. The number of thiophene rings is 1. The maximum Gasteiger partial charge on any atom is 0.221 e. The molecule has 4 rings (SSSR count). The Balaban J connectivity index is 1.68. The summed E-state index contributed by atoms with van der Waals surface area (Å²) in [6, 6.07) is 2.47. The molecule has 7 nitrogen and oxygen atoms in total. The van der Waals surface area contributed by atoms with Gasteiger partial charge in [-0.1, -0.05) is 12.8 Å². The number of carbonyl (C=O) groups is 1. The molecule has 1 saturated carbocycles. The number of pyridine rings is 1. The van der Waals surface area contributed by atoms with Gasteiger partial charge in [-0.25, -0.2) is 4.98 Å². The van der Waals surface area contributed by atoms with Gasteiger partial charge in [0.15, 0.2) is 15.6 Å². The van der Waals surface area contributed by atoms with Crippen LogP contribution in [-0.4, -0.2) is 59.6 Å². The lowest BCUT2D eigenvalue weighted by molar-refractivity contribution is -0.114. The maximum absolute atomic E-state index is 13.5. The Morgan fingerprint density at radius 1 is 1.16 bits per heavy atom. The highest BCUT2D eigenvalue weighted by Crippen LogP contribution is 2.37. The second-order valence-corrected chi connectivity index (χ2v) is 10.6. The molecule has 2 N–H and O–H groups in total. The SMILES string of the molecule is CC(=O)Nc1cscc1[S+]([O-])c1cc(NC2CCCC2)c(N2CCN(C)CC2)nc1C. The summed E-state index contributed by atoms with van der Waals surface area (Å²) in [7, 11) is 2.15. The zero-order valence-corrected chi connectivity index (χ0v) is 20.1. The molecule has 2 aliphatic rings. The first-order chi connectivity index (χ1) is 14.9. The van der Waals surface area contributed by atoms with E-state index < -0.39 is 11.2 Å². The van der Waals surface area contributed by atoms with Gasteiger partial charge in [0.05, 0.1) is 11.4 Å². The predicted octanol–water partition coefficient (Wildman–Crippen LogP) is 3.68. The van der Waals surface area contributed by atoms with Crippen LogP contribution in [0.2, 0.25) is 0 Å². The number of hydrogen-bond acceptors (Lipinski definition) is 7. The minimum atomic E-state index is -1.42. The van der Waals surface area contributed by atoms with Crippen molar-refractivity contribution in [1.82, 2.24) is 9.88 Å². The number of aromatic nitrogens is 1. The first-order valence-corrected chi connectivity index (χ1v) is 13.0. The minimum absolute atomic E-state index is 0.166. The summed E-state index contributed by atoms with van der Waals surface area (Å²) < 4.78 is 13.5. The van der Waals surface area contributed by atoms with Gasteiger partial charge in [0.25, 0.3) is 0 Å². The van der Waals surface area contributed by atoms with Crippen LogP contribution < -0.4 is 15.5 Å². The van der Waals surface area contributed by atoms with Crippen molar-refractivity contribution in [1.29, 1.82) is 0 Å². The van der Waals surface area contributed by atoms with Crippen molar-refractivity contribution in [3.8, 4) is 0 Å². The molecule has 9 heteroatoms. The molecule has 2 fully saturated rings. The van der Waals surface area contributed by atoms with E-state index in [1.54, 1.807) is 0 Å². The van der Waals surface area contributed by atoms with E-state index in [1.807, 2.05) is 23.8 Å². The van der Waals surface area contributed by atoms with Gasteiger partial charge in [0, 0.05) is 67.1 Å². The molecule has 0 radical (unpaired) electrons. The molecule has 168 valence electrons. The predicted molar refractivity (Wildman–Crippen MR) is 128 cm³/mol. The number of hydrogen-bond donors (Lipinski definition) is 2. The summed E-state index contributed by atoms with van der Waals surface area (Å²) >= 11 is 0.0157. The van der Waals surface area contributed by atoms with Crippen LogP contribution in [0, 0.1) is 6.92 Å². The number of rotatable bonds is 6. The second-order valence-electron chi connectivity index (χ2n) is 8.46. The third-order valence-corrected chi connectivity index (χ3v) is 8.44. The highest BCUT2D eigenvalue weighted by atomic mass is 32.2. The Morgan fingerprint density at radius 3 is 2.55 bits per heavy atom. The smallest absolute Gasteiger partial charge is 0.221 e. The molecule has 31 heavy (non-hydrogen) atoms. The Morgan fingerprint density at radius 2 is 1.87 bits per heavy atom. The van der Waals surface area contributed by atoms with Gasteiger partial charge in [-0.05, 0) is 26.8 Å². The van der Waals surface area contributed by atoms with Crippen molar-refractivity contribution < 1.29 is 9.35 Å². The van der Waals surface area contributed by atoms with Gasteiger partial charge in [0.1, 0.15) is 5.69 Å². The topological polar surface area (TPSA) is 83.6 Å². The van der Waals surface area contributed by atoms with E-state index in [1.165, 1.54) is 31.1 Å². The lowest BCUT2D eigenvalue weighted by Crippen LogP contribution is -2.45. The van der Waals surface area contributed by atoms with Crippen LogP contribution in [0.15, 0.2) is 26.6 Å². The lowest BCUT2D eigenvalue weighted by Gasteiger charge is -2.35. The number of piperazine rings is 1. The Kier molecular flexibility index (Phi) is 7.05. The standard InChI is InChI=1S/C22H31N5O2S2/c1-15-20(31(29)21-14-30-13-19(21)24-16(2)28)12-18(25-17-6-4-5-7-17)22(23-15)27-10-8-26(3)9-11-27/h12-14,17,25H,4-11H2,1-3H3,(H,24,28). The monoisotopic (exact) mass is 461 g/mol. The normalized spacial score (nSPS) is 18.9.